The van der Waals surface area contributed by atoms with Crippen LogP contribution < -0.4 is 4.74 Å². The predicted molar refractivity (Wildman–Crippen MR) is 67.7 cm³/mol. The van der Waals surface area contributed by atoms with Crippen LogP contribution in [0.15, 0.2) is 30.3 Å². The zero-order valence-electron chi connectivity index (χ0n) is 9.77. The molecule has 1 aromatic carbocycles. The van der Waals surface area contributed by atoms with Crippen LogP contribution in [0.3, 0.4) is 0 Å². The Morgan fingerprint density at radius 2 is 2.00 bits per heavy atom. The second-order valence-corrected chi connectivity index (χ2v) is 4.05. The first-order valence-electron chi connectivity index (χ1n) is 5.46. The fraction of sp³-hybridized carbons (Fsp3) is 0.231. The molecule has 2 aromatic rings. The number of rotatable bonds is 3. The van der Waals surface area contributed by atoms with Crippen LogP contribution in [0.5, 0.6) is 11.6 Å². The molecule has 2 rings (SSSR count). The molecule has 0 aliphatic rings. The Morgan fingerprint density at radius 3 is 2.71 bits per heavy atom. The lowest BCUT2D eigenvalue weighted by atomic mass is 10.2. The van der Waals surface area contributed by atoms with Gasteiger partial charge in [0.1, 0.15) is 16.7 Å². The van der Waals surface area contributed by atoms with Gasteiger partial charge in [-0.05, 0) is 18.6 Å². The van der Waals surface area contributed by atoms with Gasteiger partial charge in [0.25, 0.3) is 0 Å². The lowest BCUT2D eigenvalue weighted by molar-refractivity contribution is 0.455. The Bertz CT molecular complexity index is 529. The smallest absolute Gasteiger partial charge is 0.224 e. The molecule has 0 unspecified atom stereocenters. The van der Waals surface area contributed by atoms with Gasteiger partial charge in [-0.15, -0.1) is 0 Å². The molecular weight excluding hydrogens is 236 g/mol. The molecule has 0 saturated carbocycles. The van der Waals surface area contributed by atoms with Crippen molar-refractivity contribution in [2.24, 2.45) is 0 Å². The summed E-state index contributed by atoms with van der Waals surface area (Å²) < 4.78 is 5.70. The lowest BCUT2D eigenvalue weighted by Crippen LogP contribution is -1.97. The molecule has 0 spiro atoms. The quantitative estimate of drug-likeness (QED) is 0.775. The number of hydrogen-bond acceptors (Lipinski definition) is 3. The van der Waals surface area contributed by atoms with Crippen LogP contribution in [0.2, 0.25) is 5.15 Å². The van der Waals surface area contributed by atoms with E-state index in [1.807, 2.05) is 38.1 Å². The monoisotopic (exact) mass is 248 g/mol. The summed E-state index contributed by atoms with van der Waals surface area (Å²) in [6.45, 7) is 3.96. The van der Waals surface area contributed by atoms with Crippen LogP contribution in [0.4, 0.5) is 0 Å². The van der Waals surface area contributed by atoms with E-state index in [0.29, 0.717) is 16.9 Å². The third kappa shape index (κ3) is 2.94. The van der Waals surface area contributed by atoms with Crippen LogP contribution in [0.25, 0.3) is 0 Å². The molecule has 1 aromatic heterocycles. The molecular formula is C13H13ClN2O. The van der Waals surface area contributed by atoms with Crippen molar-refractivity contribution < 1.29 is 4.74 Å². The largest absolute Gasteiger partial charge is 0.439 e. The van der Waals surface area contributed by atoms with E-state index in [-0.39, 0.29) is 0 Å². The molecule has 4 heteroatoms. The van der Waals surface area contributed by atoms with Crippen molar-refractivity contribution in [2.75, 3.05) is 0 Å². The molecule has 0 bridgehead atoms. The molecule has 17 heavy (non-hydrogen) atoms. The van der Waals surface area contributed by atoms with Gasteiger partial charge < -0.3 is 4.74 Å². The van der Waals surface area contributed by atoms with Gasteiger partial charge in [0, 0.05) is 12.5 Å². The SMILES string of the molecule is CCc1nc(Cl)cc(Oc2ccccc2C)n1. The summed E-state index contributed by atoms with van der Waals surface area (Å²) in [6, 6.07) is 9.39. The Kier molecular flexibility index (Phi) is 3.59. The first-order valence-corrected chi connectivity index (χ1v) is 5.83. The maximum atomic E-state index is 5.90. The van der Waals surface area contributed by atoms with Gasteiger partial charge in [0.2, 0.25) is 5.88 Å². The van der Waals surface area contributed by atoms with E-state index in [9.17, 15) is 0 Å². The van der Waals surface area contributed by atoms with Gasteiger partial charge in [-0.2, -0.15) is 4.98 Å². The minimum absolute atomic E-state index is 0.403. The van der Waals surface area contributed by atoms with Crippen LogP contribution in [0, 0.1) is 6.92 Å². The van der Waals surface area contributed by atoms with Crippen LogP contribution in [-0.4, -0.2) is 9.97 Å². The summed E-state index contributed by atoms with van der Waals surface area (Å²) in [4.78, 5) is 8.36. The number of benzene rings is 1. The van der Waals surface area contributed by atoms with Gasteiger partial charge in [0.05, 0.1) is 0 Å². The Morgan fingerprint density at radius 1 is 1.24 bits per heavy atom. The summed E-state index contributed by atoms with van der Waals surface area (Å²) in [5, 5.41) is 0.403. The van der Waals surface area contributed by atoms with Crippen molar-refractivity contribution in [2.45, 2.75) is 20.3 Å². The molecule has 0 amide bonds. The topological polar surface area (TPSA) is 35.0 Å². The number of para-hydroxylation sites is 1. The van der Waals surface area contributed by atoms with E-state index < -0.39 is 0 Å². The van der Waals surface area contributed by atoms with Gasteiger partial charge in [-0.25, -0.2) is 4.98 Å². The van der Waals surface area contributed by atoms with Crippen molar-refractivity contribution in [3.8, 4) is 11.6 Å². The van der Waals surface area contributed by atoms with Crippen molar-refractivity contribution in [3.63, 3.8) is 0 Å². The number of nitrogens with zero attached hydrogens (tertiary/aromatic N) is 2. The number of aryl methyl sites for hydroxylation is 2. The number of ether oxygens (including phenoxy) is 1. The van der Waals surface area contributed by atoms with Gasteiger partial charge in [-0.1, -0.05) is 36.7 Å². The molecule has 3 nitrogen and oxygen atoms in total. The minimum atomic E-state index is 0.403. The standard InChI is InChI=1S/C13H13ClN2O/c1-3-12-15-11(14)8-13(16-12)17-10-7-5-4-6-9(10)2/h4-8H,3H2,1-2H3. The zero-order chi connectivity index (χ0) is 12.3. The van der Waals surface area contributed by atoms with E-state index >= 15 is 0 Å². The van der Waals surface area contributed by atoms with Gasteiger partial charge in [0.15, 0.2) is 0 Å². The molecule has 0 fully saturated rings. The highest BCUT2D eigenvalue weighted by Crippen LogP contribution is 2.24. The molecule has 0 radical (unpaired) electrons. The zero-order valence-corrected chi connectivity index (χ0v) is 10.5. The summed E-state index contributed by atoms with van der Waals surface area (Å²) in [5.74, 6) is 1.95. The molecule has 1 heterocycles. The minimum Gasteiger partial charge on any atom is -0.439 e. The maximum Gasteiger partial charge on any atom is 0.224 e. The second-order valence-electron chi connectivity index (χ2n) is 3.67. The molecule has 0 N–H and O–H groups in total. The van der Waals surface area contributed by atoms with E-state index in [4.69, 9.17) is 16.3 Å². The number of halogens is 1. The first kappa shape index (κ1) is 11.9. The Labute approximate surface area is 105 Å². The third-order valence-corrected chi connectivity index (χ3v) is 2.54. The Hall–Kier alpha value is -1.61. The second kappa shape index (κ2) is 5.15. The average molecular weight is 249 g/mol. The van der Waals surface area contributed by atoms with Crippen LogP contribution >= 0.6 is 11.6 Å². The van der Waals surface area contributed by atoms with E-state index in [2.05, 4.69) is 9.97 Å². The van der Waals surface area contributed by atoms with Crippen LogP contribution in [-0.2, 0) is 6.42 Å². The lowest BCUT2D eigenvalue weighted by Gasteiger charge is -2.08. The maximum absolute atomic E-state index is 5.90. The fourth-order valence-electron chi connectivity index (χ4n) is 1.44. The predicted octanol–water partition coefficient (Wildman–Crippen LogP) is 3.79. The number of hydrogen-bond donors (Lipinski definition) is 0. The summed E-state index contributed by atoms with van der Waals surface area (Å²) in [6.07, 6.45) is 0.727. The Balaban J connectivity index is 2.30. The number of aromatic nitrogens is 2. The van der Waals surface area contributed by atoms with Crippen molar-refractivity contribution >= 4 is 11.6 Å². The molecule has 0 saturated heterocycles. The normalized spacial score (nSPS) is 10.3. The van der Waals surface area contributed by atoms with E-state index in [1.54, 1.807) is 6.07 Å². The summed E-state index contributed by atoms with van der Waals surface area (Å²) >= 11 is 5.90. The van der Waals surface area contributed by atoms with Crippen molar-refractivity contribution in [3.05, 3.63) is 46.9 Å². The summed E-state index contributed by atoms with van der Waals surface area (Å²) in [5.41, 5.74) is 1.06. The van der Waals surface area contributed by atoms with Crippen molar-refractivity contribution in [1.82, 2.24) is 9.97 Å². The van der Waals surface area contributed by atoms with Gasteiger partial charge in [-0.3, -0.25) is 0 Å². The van der Waals surface area contributed by atoms with E-state index in [1.165, 1.54) is 0 Å². The van der Waals surface area contributed by atoms with E-state index in [0.717, 1.165) is 17.7 Å². The first-order chi connectivity index (χ1) is 8.19. The van der Waals surface area contributed by atoms with Crippen molar-refractivity contribution in [1.29, 1.82) is 0 Å². The fourth-order valence-corrected chi connectivity index (χ4v) is 1.63. The highest BCUT2D eigenvalue weighted by molar-refractivity contribution is 6.29. The molecule has 88 valence electrons. The highest BCUT2D eigenvalue weighted by Gasteiger charge is 2.05. The highest BCUT2D eigenvalue weighted by atomic mass is 35.5. The third-order valence-electron chi connectivity index (χ3n) is 2.34. The molecule has 0 aliphatic carbocycles. The average Bonchev–Trinajstić information content (AvgIpc) is 2.31. The van der Waals surface area contributed by atoms with Gasteiger partial charge >= 0.3 is 0 Å². The summed E-state index contributed by atoms with van der Waals surface area (Å²) in [7, 11) is 0. The van der Waals surface area contributed by atoms with Crippen LogP contribution in [0.1, 0.15) is 18.3 Å². The molecule has 0 atom stereocenters. The molecule has 0 aliphatic heterocycles.